The van der Waals surface area contributed by atoms with Crippen molar-refractivity contribution in [3.63, 3.8) is 0 Å². The molecule has 6 nitrogen and oxygen atoms in total. The van der Waals surface area contributed by atoms with Crippen LogP contribution in [0, 0.1) is 5.92 Å². The van der Waals surface area contributed by atoms with Crippen molar-refractivity contribution in [2.24, 2.45) is 5.92 Å². The van der Waals surface area contributed by atoms with E-state index in [0.717, 1.165) is 12.8 Å². The van der Waals surface area contributed by atoms with Crippen LogP contribution in [0.3, 0.4) is 0 Å². The first-order valence-electron chi connectivity index (χ1n) is 7.39. The van der Waals surface area contributed by atoms with Gasteiger partial charge in [-0.05, 0) is 18.8 Å². The van der Waals surface area contributed by atoms with E-state index in [0.29, 0.717) is 12.3 Å². The van der Waals surface area contributed by atoms with E-state index in [1.807, 2.05) is 0 Å². The van der Waals surface area contributed by atoms with E-state index in [-0.39, 0.29) is 23.6 Å². The molecule has 21 heavy (non-hydrogen) atoms. The molecule has 1 heterocycles. The molecule has 2 rings (SSSR count). The number of aromatic nitrogens is 1. The van der Waals surface area contributed by atoms with Crippen molar-refractivity contribution in [3.05, 3.63) is 28.7 Å². The van der Waals surface area contributed by atoms with Crippen molar-refractivity contribution in [3.8, 4) is 0 Å². The second-order valence-corrected chi connectivity index (χ2v) is 5.46. The third kappa shape index (κ3) is 5.06. The van der Waals surface area contributed by atoms with E-state index in [4.69, 9.17) is 0 Å². The van der Waals surface area contributed by atoms with Crippen LogP contribution in [0.15, 0.2) is 23.3 Å². The molecule has 3 N–H and O–H groups in total. The molecule has 1 saturated carbocycles. The quantitative estimate of drug-likeness (QED) is 0.766. The highest BCUT2D eigenvalue weighted by Crippen LogP contribution is 2.25. The Kier molecular flexibility index (Phi) is 5.54. The van der Waals surface area contributed by atoms with Gasteiger partial charge in [-0.3, -0.25) is 14.4 Å². The molecule has 114 valence electrons. The normalized spacial score (nSPS) is 15.4. The van der Waals surface area contributed by atoms with E-state index in [1.165, 1.54) is 37.7 Å². The predicted molar refractivity (Wildman–Crippen MR) is 79.9 cm³/mol. The second kappa shape index (κ2) is 7.61. The molecule has 1 fully saturated rings. The zero-order valence-electron chi connectivity index (χ0n) is 12.0. The molecular weight excluding hydrogens is 270 g/mol. The Balaban J connectivity index is 1.72. The van der Waals surface area contributed by atoms with Gasteiger partial charge in [-0.2, -0.15) is 0 Å². The van der Waals surface area contributed by atoms with Gasteiger partial charge >= 0.3 is 0 Å². The third-order valence-electron chi connectivity index (χ3n) is 3.74. The fourth-order valence-corrected chi connectivity index (χ4v) is 2.61. The zero-order chi connectivity index (χ0) is 15.1. The number of pyridine rings is 1. The van der Waals surface area contributed by atoms with Crippen molar-refractivity contribution < 1.29 is 9.59 Å². The smallest absolute Gasteiger partial charge is 0.243 e. The second-order valence-electron chi connectivity index (χ2n) is 5.46. The van der Waals surface area contributed by atoms with Crippen LogP contribution in [0.4, 0.5) is 5.69 Å². The topological polar surface area (TPSA) is 91.1 Å². The number of nitrogens with one attached hydrogen (secondary N) is 3. The van der Waals surface area contributed by atoms with Gasteiger partial charge in [0, 0.05) is 24.9 Å². The van der Waals surface area contributed by atoms with Gasteiger partial charge < -0.3 is 15.6 Å². The summed E-state index contributed by atoms with van der Waals surface area (Å²) in [5.74, 6) is -0.0542. The van der Waals surface area contributed by atoms with Crippen LogP contribution in [0.25, 0.3) is 0 Å². The van der Waals surface area contributed by atoms with Crippen molar-refractivity contribution >= 4 is 17.5 Å². The largest absolute Gasteiger partial charge is 0.366 e. The molecule has 0 saturated heterocycles. The van der Waals surface area contributed by atoms with Gasteiger partial charge in [0.1, 0.15) is 5.69 Å². The first kappa shape index (κ1) is 15.3. The highest BCUT2D eigenvalue weighted by atomic mass is 16.2. The van der Waals surface area contributed by atoms with E-state index in [1.54, 1.807) is 0 Å². The molecule has 1 aliphatic rings. The molecular formula is C15H21N3O3. The van der Waals surface area contributed by atoms with Gasteiger partial charge in [0.2, 0.25) is 17.2 Å². The summed E-state index contributed by atoms with van der Waals surface area (Å²) in [7, 11) is 0. The van der Waals surface area contributed by atoms with Crippen LogP contribution in [-0.4, -0.2) is 23.3 Å². The average Bonchev–Trinajstić information content (AvgIpc) is 2.49. The molecule has 0 unspecified atom stereocenters. The lowest BCUT2D eigenvalue weighted by Crippen LogP contribution is -2.34. The van der Waals surface area contributed by atoms with Crippen LogP contribution in [0.1, 0.15) is 38.5 Å². The monoisotopic (exact) mass is 291 g/mol. The molecule has 0 atom stereocenters. The molecule has 0 bridgehead atoms. The first-order chi connectivity index (χ1) is 10.1. The van der Waals surface area contributed by atoms with Crippen LogP contribution in [0.5, 0.6) is 0 Å². The number of aromatic amines is 1. The predicted octanol–water partition coefficient (Wildman–Crippen LogP) is 1.40. The van der Waals surface area contributed by atoms with E-state index >= 15 is 0 Å². The van der Waals surface area contributed by atoms with Gasteiger partial charge in [0.15, 0.2) is 0 Å². The Hall–Kier alpha value is -2.11. The summed E-state index contributed by atoms with van der Waals surface area (Å²) in [5.41, 5.74) is -0.0836. The fourth-order valence-electron chi connectivity index (χ4n) is 2.61. The Morgan fingerprint density at radius 1 is 1.19 bits per heavy atom. The first-order valence-corrected chi connectivity index (χ1v) is 7.39. The number of amides is 2. The van der Waals surface area contributed by atoms with Crippen LogP contribution in [0.2, 0.25) is 0 Å². The van der Waals surface area contributed by atoms with Crippen molar-refractivity contribution in [1.82, 2.24) is 10.3 Å². The number of hydrogen-bond acceptors (Lipinski definition) is 3. The average molecular weight is 291 g/mol. The van der Waals surface area contributed by atoms with Gasteiger partial charge in [-0.25, -0.2) is 0 Å². The van der Waals surface area contributed by atoms with Crippen molar-refractivity contribution in [1.29, 1.82) is 0 Å². The van der Waals surface area contributed by atoms with Gasteiger partial charge in [-0.1, -0.05) is 19.3 Å². The Labute approximate surface area is 123 Å². The summed E-state index contributed by atoms with van der Waals surface area (Å²) in [6.07, 6.45) is 9.22. The molecule has 0 aliphatic heterocycles. The number of carbonyl (C=O) groups excluding carboxylic acids is 2. The highest BCUT2D eigenvalue weighted by molar-refractivity contribution is 5.94. The summed E-state index contributed by atoms with van der Waals surface area (Å²) >= 11 is 0. The minimum Gasteiger partial charge on any atom is -0.366 e. The number of hydrogen-bond donors (Lipinski definition) is 3. The maximum absolute atomic E-state index is 11.8. The van der Waals surface area contributed by atoms with Crippen molar-refractivity contribution in [2.75, 3.05) is 11.9 Å². The number of carbonyl (C=O) groups is 2. The van der Waals surface area contributed by atoms with Crippen LogP contribution in [-0.2, 0) is 9.59 Å². The maximum Gasteiger partial charge on any atom is 0.243 e. The number of H-pyrrole nitrogens is 1. The summed E-state index contributed by atoms with van der Waals surface area (Å²) in [6, 6.07) is 1.33. The van der Waals surface area contributed by atoms with Crippen LogP contribution < -0.4 is 16.1 Å². The third-order valence-corrected chi connectivity index (χ3v) is 3.74. The van der Waals surface area contributed by atoms with Crippen molar-refractivity contribution in [2.45, 2.75) is 38.5 Å². The SMILES string of the molecule is O=C(CC1CCCCC1)NCC(=O)Nc1c[nH]ccc1=O. The van der Waals surface area contributed by atoms with Crippen LogP contribution >= 0.6 is 0 Å². The molecule has 1 aromatic rings. The lowest BCUT2D eigenvalue weighted by Gasteiger charge is -2.20. The summed E-state index contributed by atoms with van der Waals surface area (Å²) in [5, 5.41) is 5.08. The highest BCUT2D eigenvalue weighted by Gasteiger charge is 2.17. The van der Waals surface area contributed by atoms with E-state index in [9.17, 15) is 14.4 Å². The summed E-state index contributed by atoms with van der Waals surface area (Å²) in [4.78, 5) is 37.6. The molecule has 1 aromatic heterocycles. The molecule has 6 heteroatoms. The number of rotatable bonds is 5. The van der Waals surface area contributed by atoms with E-state index in [2.05, 4.69) is 15.6 Å². The van der Waals surface area contributed by atoms with Gasteiger partial charge in [-0.15, -0.1) is 0 Å². The molecule has 1 aliphatic carbocycles. The number of anilines is 1. The summed E-state index contributed by atoms with van der Waals surface area (Å²) < 4.78 is 0. The lowest BCUT2D eigenvalue weighted by atomic mass is 9.87. The standard InChI is InChI=1S/C15H21N3O3/c19-13-6-7-16-9-12(13)18-15(21)10-17-14(20)8-11-4-2-1-3-5-11/h6-7,9,11H,1-5,8,10H2,(H,16,19)(H,17,20)(H,18,21). The van der Waals surface area contributed by atoms with Gasteiger partial charge in [0.05, 0.1) is 6.54 Å². The Morgan fingerprint density at radius 2 is 1.95 bits per heavy atom. The summed E-state index contributed by atoms with van der Waals surface area (Å²) in [6.45, 7) is -0.111. The Morgan fingerprint density at radius 3 is 2.67 bits per heavy atom. The minimum absolute atomic E-state index is 0.0981. The van der Waals surface area contributed by atoms with E-state index < -0.39 is 5.91 Å². The Bertz CT molecular complexity index is 547. The molecule has 2 amide bonds. The molecule has 0 spiro atoms. The van der Waals surface area contributed by atoms with Gasteiger partial charge in [0.25, 0.3) is 0 Å². The molecule has 0 radical (unpaired) electrons. The minimum atomic E-state index is -0.399. The fraction of sp³-hybridized carbons (Fsp3) is 0.533. The lowest BCUT2D eigenvalue weighted by molar-refractivity contribution is -0.125. The molecule has 0 aromatic carbocycles. The maximum atomic E-state index is 11.8. The zero-order valence-corrected chi connectivity index (χ0v) is 12.0.